The molecule has 0 radical (unpaired) electrons. The average molecular weight is 419 g/mol. The Labute approximate surface area is 177 Å². The van der Waals surface area contributed by atoms with Gasteiger partial charge in [-0.1, -0.05) is 18.2 Å². The van der Waals surface area contributed by atoms with Crippen molar-refractivity contribution in [2.75, 3.05) is 6.61 Å². The van der Waals surface area contributed by atoms with Crippen LogP contribution in [0.15, 0.2) is 84.0 Å². The van der Waals surface area contributed by atoms with Crippen LogP contribution in [0.2, 0.25) is 0 Å². The highest BCUT2D eigenvalue weighted by Gasteiger charge is 2.08. The van der Waals surface area contributed by atoms with Crippen molar-refractivity contribution in [1.82, 2.24) is 5.43 Å². The predicted molar refractivity (Wildman–Crippen MR) is 112 cm³/mol. The van der Waals surface area contributed by atoms with Gasteiger partial charge in [-0.05, 0) is 54.1 Å². The third-order valence-electron chi connectivity index (χ3n) is 3.92. The Morgan fingerprint density at radius 2 is 1.58 bits per heavy atom. The van der Waals surface area contributed by atoms with E-state index in [1.807, 2.05) is 6.07 Å². The Bertz CT molecular complexity index is 1080. The zero-order valence-corrected chi connectivity index (χ0v) is 16.1. The third-order valence-corrected chi connectivity index (χ3v) is 3.92. The molecule has 1 N–H and O–H groups in total. The Balaban J connectivity index is 1.44. The molecule has 0 aliphatic heterocycles. The van der Waals surface area contributed by atoms with Crippen molar-refractivity contribution in [2.45, 2.75) is 0 Å². The molecule has 9 nitrogen and oxygen atoms in total. The lowest BCUT2D eigenvalue weighted by atomic mass is 10.2. The second-order valence-corrected chi connectivity index (χ2v) is 6.16. The summed E-state index contributed by atoms with van der Waals surface area (Å²) in [5.41, 5.74) is 3.37. The highest BCUT2D eigenvalue weighted by Crippen LogP contribution is 2.17. The van der Waals surface area contributed by atoms with Crippen molar-refractivity contribution in [3.8, 4) is 11.5 Å². The highest BCUT2D eigenvalue weighted by atomic mass is 16.6. The van der Waals surface area contributed by atoms with E-state index in [0.29, 0.717) is 22.6 Å². The number of hydrogen-bond donors (Lipinski definition) is 1. The number of rotatable bonds is 8. The van der Waals surface area contributed by atoms with E-state index in [1.54, 1.807) is 48.5 Å². The largest absolute Gasteiger partial charge is 0.484 e. The van der Waals surface area contributed by atoms with Crippen LogP contribution in [0, 0.1) is 10.1 Å². The van der Waals surface area contributed by atoms with Crippen LogP contribution in [0.4, 0.5) is 5.69 Å². The minimum atomic E-state index is -0.523. The van der Waals surface area contributed by atoms with Crippen molar-refractivity contribution in [3.05, 3.63) is 100 Å². The number of nitrogens with zero attached hydrogens (tertiary/aromatic N) is 2. The Hall–Kier alpha value is -4.53. The van der Waals surface area contributed by atoms with Crippen LogP contribution in [0.1, 0.15) is 15.9 Å². The van der Waals surface area contributed by atoms with Gasteiger partial charge in [0.25, 0.3) is 11.6 Å². The number of nitro benzene ring substituents is 1. The molecule has 0 atom stereocenters. The molecule has 3 aromatic carbocycles. The summed E-state index contributed by atoms with van der Waals surface area (Å²) in [6.45, 7) is -0.302. The quantitative estimate of drug-likeness (QED) is 0.197. The van der Waals surface area contributed by atoms with Gasteiger partial charge in [0.15, 0.2) is 6.61 Å². The van der Waals surface area contributed by atoms with E-state index >= 15 is 0 Å². The zero-order valence-electron chi connectivity index (χ0n) is 16.1. The summed E-state index contributed by atoms with van der Waals surface area (Å²) in [5.74, 6) is -0.248. The van der Waals surface area contributed by atoms with E-state index in [0.717, 1.165) is 0 Å². The van der Waals surface area contributed by atoms with Gasteiger partial charge in [0.1, 0.15) is 11.5 Å². The minimum Gasteiger partial charge on any atom is -0.484 e. The average Bonchev–Trinajstić information content (AvgIpc) is 2.79. The maximum atomic E-state index is 12.0. The van der Waals surface area contributed by atoms with E-state index in [-0.39, 0.29) is 12.3 Å². The summed E-state index contributed by atoms with van der Waals surface area (Å²) in [6, 6.07) is 20.6. The van der Waals surface area contributed by atoms with Gasteiger partial charge >= 0.3 is 5.97 Å². The molecule has 0 heterocycles. The monoisotopic (exact) mass is 419 g/mol. The molecule has 0 aliphatic rings. The van der Waals surface area contributed by atoms with Crippen molar-refractivity contribution in [2.24, 2.45) is 5.10 Å². The van der Waals surface area contributed by atoms with Gasteiger partial charge in [-0.3, -0.25) is 14.9 Å². The zero-order chi connectivity index (χ0) is 22.1. The van der Waals surface area contributed by atoms with Crippen LogP contribution in [0.3, 0.4) is 0 Å². The molecule has 0 saturated carbocycles. The molecule has 0 unspecified atom stereocenters. The van der Waals surface area contributed by atoms with Gasteiger partial charge in [0, 0.05) is 12.1 Å². The molecule has 0 spiro atoms. The summed E-state index contributed by atoms with van der Waals surface area (Å²) in [7, 11) is 0. The van der Waals surface area contributed by atoms with Gasteiger partial charge in [-0.15, -0.1) is 0 Å². The van der Waals surface area contributed by atoms with Crippen molar-refractivity contribution in [1.29, 1.82) is 0 Å². The lowest BCUT2D eigenvalue weighted by Crippen LogP contribution is -2.24. The second kappa shape index (κ2) is 10.3. The van der Waals surface area contributed by atoms with Gasteiger partial charge < -0.3 is 9.47 Å². The first-order valence-electron chi connectivity index (χ1n) is 9.08. The van der Waals surface area contributed by atoms with E-state index in [9.17, 15) is 19.7 Å². The third kappa shape index (κ3) is 6.50. The summed E-state index contributed by atoms with van der Waals surface area (Å²) in [4.78, 5) is 33.9. The SMILES string of the molecule is O=C(COc1ccc([N+](=O)[O-])cc1)NN=Cc1ccc(OC(=O)c2ccccc2)cc1. The molecule has 1 amide bonds. The van der Waals surface area contributed by atoms with Crippen molar-refractivity contribution >= 4 is 23.8 Å². The smallest absolute Gasteiger partial charge is 0.343 e. The molecule has 156 valence electrons. The molecule has 0 aromatic heterocycles. The molecule has 31 heavy (non-hydrogen) atoms. The van der Waals surface area contributed by atoms with E-state index < -0.39 is 16.8 Å². The van der Waals surface area contributed by atoms with E-state index in [1.165, 1.54) is 30.5 Å². The molecular weight excluding hydrogens is 402 g/mol. The number of carbonyl (C=O) groups excluding carboxylic acids is 2. The fourth-order valence-electron chi connectivity index (χ4n) is 2.39. The molecule has 3 rings (SSSR count). The Kier molecular flexibility index (Phi) is 7.04. The van der Waals surface area contributed by atoms with Gasteiger partial charge in [0.2, 0.25) is 0 Å². The molecular formula is C22H17N3O6. The number of carbonyl (C=O) groups is 2. The molecule has 0 saturated heterocycles. The van der Waals surface area contributed by atoms with Crippen LogP contribution in [0.25, 0.3) is 0 Å². The number of hydrogen-bond acceptors (Lipinski definition) is 7. The summed E-state index contributed by atoms with van der Waals surface area (Å²) < 4.78 is 10.5. The standard InChI is InChI=1S/C22H17N3O6/c26-21(15-30-19-12-8-18(9-13-19)25(28)29)24-23-14-16-6-10-20(11-7-16)31-22(27)17-4-2-1-3-5-17/h1-14H,15H2,(H,24,26). The second-order valence-electron chi connectivity index (χ2n) is 6.16. The Morgan fingerprint density at radius 1 is 0.935 bits per heavy atom. The number of nitro groups is 1. The Morgan fingerprint density at radius 3 is 2.23 bits per heavy atom. The predicted octanol–water partition coefficient (Wildman–Crippen LogP) is 3.34. The first-order chi connectivity index (χ1) is 15.0. The topological polar surface area (TPSA) is 120 Å². The minimum absolute atomic E-state index is 0.0674. The number of ether oxygens (including phenoxy) is 2. The fourth-order valence-corrected chi connectivity index (χ4v) is 2.39. The number of nitrogens with one attached hydrogen (secondary N) is 1. The number of hydrazone groups is 1. The number of esters is 1. The normalized spacial score (nSPS) is 10.5. The van der Waals surface area contributed by atoms with Crippen LogP contribution in [-0.4, -0.2) is 29.6 Å². The summed E-state index contributed by atoms with van der Waals surface area (Å²) >= 11 is 0. The van der Waals surface area contributed by atoms with Crippen LogP contribution in [0.5, 0.6) is 11.5 Å². The lowest BCUT2D eigenvalue weighted by molar-refractivity contribution is -0.384. The van der Waals surface area contributed by atoms with Crippen LogP contribution < -0.4 is 14.9 Å². The summed E-state index contributed by atoms with van der Waals surface area (Å²) in [5, 5.41) is 14.4. The van der Waals surface area contributed by atoms with Gasteiger partial charge in [-0.2, -0.15) is 5.10 Å². The molecule has 3 aromatic rings. The molecule has 0 aliphatic carbocycles. The first kappa shape index (κ1) is 21.2. The number of amides is 1. The van der Waals surface area contributed by atoms with Crippen LogP contribution >= 0.6 is 0 Å². The maximum Gasteiger partial charge on any atom is 0.343 e. The maximum absolute atomic E-state index is 12.0. The molecule has 0 bridgehead atoms. The van der Waals surface area contributed by atoms with Crippen molar-refractivity contribution in [3.63, 3.8) is 0 Å². The lowest BCUT2D eigenvalue weighted by Gasteiger charge is -2.05. The van der Waals surface area contributed by atoms with Gasteiger partial charge in [-0.25, -0.2) is 10.2 Å². The molecule has 0 fully saturated rings. The first-order valence-corrected chi connectivity index (χ1v) is 9.08. The highest BCUT2D eigenvalue weighted by molar-refractivity contribution is 5.91. The molecule has 9 heteroatoms. The van der Waals surface area contributed by atoms with E-state index in [2.05, 4.69) is 10.5 Å². The van der Waals surface area contributed by atoms with E-state index in [4.69, 9.17) is 9.47 Å². The van der Waals surface area contributed by atoms with Gasteiger partial charge in [0.05, 0.1) is 16.7 Å². The van der Waals surface area contributed by atoms with Crippen LogP contribution in [-0.2, 0) is 4.79 Å². The van der Waals surface area contributed by atoms with Crippen molar-refractivity contribution < 1.29 is 24.0 Å². The number of benzene rings is 3. The number of non-ortho nitro benzene ring substituents is 1. The fraction of sp³-hybridized carbons (Fsp3) is 0.0455. The summed E-state index contributed by atoms with van der Waals surface area (Å²) in [6.07, 6.45) is 1.42.